The van der Waals surface area contributed by atoms with E-state index >= 15 is 0 Å². The van der Waals surface area contributed by atoms with Crippen LogP contribution < -0.4 is 0 Å². The van der Waals surface area contributed by atoms with E-state index in [4.69, 9.17) is 30.5 Å². The molecule has 20 heavy (non-hydrogen) atoms. The van der Waals surface area contributed by atoms with Gasteiger partial charge in [-0.05, 0) is 27.7 Å². The summed E-state index contributed by atoms with van der Waals surface area (Å²) in [4.78, 5) is 2.29. The highest BCUT2D eigenvalue weighted by molar-refractivity contribution is 6.18. The second-order valence-corrected chi connectivity index (χ2v) is 6.66. The number of ether oxygens (including phenoxy) is 4. The van der Waals surface area contributed by atoms with Crippen molar-refractivity contribution in [1.29, 1.82) is 0 Å². The highest BCUT2D eigenvalue weighted by Crippen LogP contribution is 2.25. The van der Waals surface area contributed by atoms with Gasteiger partial charge in [0, 0.05) is 12.4 Å². The maximum absolute atomic E-state index is 5.94. The topological polar surface area (TPSA) is 40.2 Å². The summed E-state index contributed by atoms with van der Waals surface area (Å²) in [6, 6.07) is 0.389. The summed E-state index contributed by atoms with van der Waals surface area (Å²) < 4.78 is 23.0. The van der Waals surface area contributed by atoms with Crippen molar-refractivity contribution in [2.45, 2.75) is 51.4 Å². The Morgan fingerprint density at radius 2 is 1.20 bits per heavy atom. The van der Waals surface area contributed by atoms with E-state index in [9.17, 15) is 0 Å². The van der Waals surface area contributed by atoms with E-state index in [1.165, 1.54) is 0 Å². The van der Waals surface area contributed by atoms with Crippen LogP contribution in [-0.2, 0) is 18.9 Å². The van der Waals surface area contributed by atoms with Crippen molar-refractivity contribution in [1.82, 2.24) is 4.90 Å². The van der Waals surface area contributed by atoms with Crippen LogP contribution in [-0.4, -0.2) is 67.4 Å². The van der Waals surface area contributed by atoms with Crippen molar-refractivity contribution in [2.24, 2.45) is 0 Å². The van der Waals surface area contributed by atoms with E-state index in [-0.39, 0.29) is 12.1 Å². The lowest BCUT2D eigenvalue weighted by molar-refractivity contribution is -0.287. The molecule has 0 N–H and O–H groups in total. The van der Waals surface area contributed by atoms with Gasteiger partial charge in [0.15, 0.2) is 11.6 Å². The minimum absolute atomic E-state index is 0.195. The van der Waals surface area contributed by atoms with Gasteiger partial charge in [0.05, 0.1) is 38.5 Å². The molecule has 0 saturated carbocycles. The van der Waals surface area contributed by atoms with E-state index in [1.54, 1.807) is 0 Å². The van der Waals surface area contributed by atoms with Gasteiger partial charge in [0.25, 0.3) is 0 Å². The molecule has 2 heterocycles. The fourth-order valence-electron chi connectivity index (χ4n) is 2.51. The Bertz CT molecular complexity index is 276. The molecule has 0 amide bonds. The highest BCUT2D eigenvalue weighted by Gasteiger charge is 2.37. The quantitative estimate of drug-likeness (QED) is 0.741. The van der Waals surface area contributed by atoms with Gasteiger partial charge in [-0.2, -0.15) is 0 Å². The van der Waals surface area contributed by atoms with Crippen LogP contribution in [0.5, 0.6) is 0 Å². The third-order valence-corrected chi connectivity index (χ3v) is 3.94. The molecular formula is C14H26ClNO4. The number of nitrogens with zero attached hydrogens (tertiary/aromatic N) is 1. The van der Waals surface area contributed by atoms with E-state index < -0.39 is 11.6 Å². The largest absolute Gasteiger partial charge is 0.349 e. The molecule has 2 aliphatic heterocycles. The smallest absolute Gasteiger partial charge is 0.162 e. The first kappa shape index (κ1) is 16.5. The van der Waals surface area contributed by atoms with Crippen molar-refractivity contribution < 1.29 is 18.9 Å². The summed E-state index contributed by atoms with van der Waals surface area (Å²) in [5.74, 6) is -0.421. The SMILES string of the molecule is CC1(C)OCC(N(CCCl)C2COC(C)(C)OC2)CO1. The van der Waals surface area contributed by atoms with Gasteiger partial charge in [-0.25, -0.2) is 0 Å². The molecule has 6 heteroatoms. The minimum Gasteiger partial charge on any atom is -0.349 e. The second kappa shape index (κ2) is 6.46. The van der Waals surface area contributed by atoms with Crippen molar-refractivity contribution in [3.05, 3.63) is 0 Å². The number of alkyl halides is 1. The third kappa shape index (κ3) is 4.29. The van der Waals surface area contributed by atoms with Crippen LogP contribution in [0.15, 0.2) is 0 Å². The van der Waals surface area contributed by atoms with Crippen molar-refractivity contribution in [3.8, 4) is 0 Å². The van der Waals surface area contributed by atoms with Gasteiger partial charge in [0.1, 0.15) is 0 Å². The Labute approximate surface area is 126 Å². The van der Waals surface area contributed by atoms with Gasteiger partial charge in [-0.1, -0.05) is 0 Å². The normalized spacial score (nSPS) is 27.9. The Hall–Kier alpha value is 0.0900. The van der Waals surface area contributed by atoms with E-state index in [0.29, 0.717) is 32.3 Å². The summed E-state index contributed by atoms with van der Waals surface area (Å²) in [5.41, 5.74) is 0. The molecule has 2 rings (SSSR count). The average Bonchev–Trinajstić information content (AvgIpc) is 2.37. The summed E-state index contributed by atoms with van der Waals surface area (Å²) in [7, 11) is 0. The first-order chi connectivity index (χ1) is 9.33. The second-order valence-electron chi connectivity index (χ2n) is 6.28. The first-order valence-electron chi connectivity index (χ1n) is 7.20. The molecule has 0 aromatic carbocycles. The lowest BCUT2D eigenvalue weighted by Crippen LogP contribution is -2.59. The van der Waals surface area contributed by atoms with Crippen LogP contribution in [0.3, 0.4) is 0 Å². The van der Waals surface area contributed by atoms with Crippen LogP contribution in [0.2, 0.25) is 0 Å². The van der Waals surface area contributed by atoms with Gasteiger partial charge in [-0.3, -0.25) is 4.90 Å². The van der Waals surface area contributed by atoms with Crippen LogP contribution in [0.4, 0.5) is 0 Å². The minimum atomic E-state index is -0.495. The van der Waals surface area contributed by atoms with Crippen LogP contribution >= 0.6 is 11.6 Å². The maximum atomic E-state index is 5.94. The molecular weight excluding hydrogens is 282 g/mol. The van der Waals surface area contributed by atoms with Gasteiger partial charge < -0.3 is 18.9 Å². The van der Waals surface area contributed by atoms with Gasteiger partial charge in [-0.15, -0.1) is 11.6 Å². The molecule has 0 aromatic rings. The molecule has 0 bridgehead atoms. The van der Waals surface area contributed by atoms with E-state index in [0.717, 1.165) is 6.54 Å². The van der Waals surface area contributed by atoms with Crippen molar-refractivity contribution in [3.63, 3.8) is 0 Å². The monoisotopic (exact) mass is 307 g/mol. The molecule has 2 aliphatic rings. The molecule has 0 unspecified atom stereocenters. The Balaban J connectivity index is 1.94. The zero-order chi connectivity index (χ0) is 14.8. The fraction of sp³-hybridized carbons (Fsp3) is 1.00. The summed E-state index contributed by atoms with van der Waals surface area (Å²) in [6.45, 7) is 11.1. The van der Waals surface area contributed by atoms with Gasteiger partial charge >= 0.3 is 0 Å². The highest BCUT2D eigenvalue weighted by atomic mass is 35.5. The molecule has 118 valence electrons. The number of halogens is 1. The molecule has 0 atom stereocenters. The Morgan fingerprint density at radius 1 is 0.850 bits per heavy atom. The summed E-state index contributed by atoms with van der Waals surface area (Å²) in [6.07, 6.45) is 0. The van der Waals surface area contributed by atoms with Crippen LogP contribution in [0.1, 0.15) is 27.7 Å². The zero-order valence-corrected chi connectivity index (χ0v) is 13.6. The molecule has 0 aromatic heterocycles. The van der Waals surface area contributed by atoms with Crippen molar-refractivity contribution in [2.75, 3.05) is 38.9 Å². The number of hydrogen-bond donors (Lipinski definition) is 0. The predicted molar refractivity (Wildman–Crippen MR) is 77.0 cm³/mol. The zero-order valence-electron chi connectivity index (χ0n) is 12.9. The fourth-order valence-corrected chi connectivity index (χ4v) is 2.71. The molecule has 2 saturated heterocycles. The maximum Gasteiger partial charge on any atom is 0.162 e. The molecule has 0 radical (unpaired) electrons. The van der Waals surface area contributed by atoms with Crippen LogP contribution in [0, 0.1) is 0 Å². The molecule has 0 aliphatic carbocycles. The third-order valence-electron chi connectivity index (χ3n) is 3.77. The molecule has 0 spiro atoms. The number of hydrogen-bond acceptors (Lipinski definition) is 5. The lowest BCUT2D eigenvalue weighted by atomic mass is 10.1. The van der Waals surface area contributed by atoms with Crippen molar-refractivity contribution >= 4 is 11.6 Å². The lowest BCUT2D eigenvalue weighted by Gasteiger charge is -2.46. The Kier molecular flexibility index (Phi) is 5.32. The molecule has 5 nitrogen and oxygen atoms in total. The summed E-state index contributed by atoms with van der Waals surface area (Å²) >= 11 is 5.94. The molecule has 2 fully saturated rings. The standard InChI is InChI=1S/C14H26ClNO4/c1-13(2)17-7-11(8-18-13)16(6-5-15)12-9-19-14(3,4)20-10-12/h11-12H,5-10H2,1-4H3. The van der Waals surface area contributed by atoms with Crippen LogP contribution in [0.25, 0.3) is 0 Å². The predicted octanol–water partition coefficient (Wildman–Crippen LogP) is 1.83. The van der Waals surface area contributed by atoms with E-state index in [2.05, 4.69) is 4.90 Å². The van der Waals surface area contributed by atoms with E-state index in [1.807, 2.05) is 27.7 Å². The summed E-state index contributed by atoms with van der Waals surface area (Å²) in [5, 5.41) is 0. The average molecular weight is 308 g/mol. The number of rotatable bonds is 4. The Morgan fingerprint density at radius 3 is 1.50 bits per heavy atom. The van der Waals surface area contributed by atoms with Gasteiger partial charge in [0.2, 0.25) is 0 Å². The first-order valence-corrected chi connectivity index (χ1v) is 7.74.